The number of ether oxygens (including phenoxy) is 3. The molecule has 0 aliphatic carbocycles. The van der Waals surface area contributed by atoms with E-state index in [4.69, 9.17) is 42.4 Å². The molecule has 1 aliphatic rings. The average molecular weight is 688 g/mol. The SMILES string of the molecule is CCC1=C(C(=O)OC)[C@H](c2ccccc2)n2c(s/c(=C\c3cc(Br)c(OCc4ccc(Cl)cc4Cl)c(OC)c3)c2=O)=N1. The van der Waals surface area contributed by atoms with Gasteiger partial charge in [0.15, 0.2) is 16.3 Å². The number of halogens is 3. The highest BCUT2D eigenvalue weighted by Gasteiger charge is 2.33. The molecule has 1 aliphatic heterocycles. The molecule has 3 aromatic carbocycles. The molecular formula is C31H25BrCl2N2O5S. The summed E-state index contributed by atoms with van der Waals surface area (Å²) in [5, 5.41) is 1.04. The van der Waals surface area contributed by atoms with E-state index in [0.29, 0.717) is 58.6 Å². The number of fused-ring (bicyclic) bond motifs is 1. The van der Waals surface area contributed by atoms with E-state index in [1.807, 2.05) is 43.3 Å². The third kappa shape index (κ3) is 5.92. The topological polar surface area (TPSA) is 79.1 Å². The number of allylic oxidation sites excluding steroid dienone is 1. The Morgan fingerprint density at radius 2 is 1.88 bits per heavy atom. The predicted molar refractivity (Wildman–Crippen MR) is 168 cm³/mol. The summed E-state index contributed by atoms with van der Waals surface area (Å²) >= 11 is 17.2. The van der Waals surface area contributed by atoms with Crippen LogP contribution in [-0.2, 0) is 16.1 Å². The van der Waals surface area contributed by atoms with Crippen LogP contribution in [0.4, 0.5) is 0 Å². The largest absolute Gasteiger partial charge is 0.493 e. The van der Waals surface area contributed by atoms with E-state index in [-0.39, 0.29) is 12.2 Å². The Labute approximate surface area is 264 Å². The lowest BCUT2D eigenvalue weighted by molar-refractivity contribution is -0.136. The molecule has 0 unspecified atom stereocenters. The molecule has 1 aromatic heterocycles. The summed E-state index contributed by atoms with van der Waals surface area (Å²) < 4.78 is 19.4. The van der Waals surface area contributed by atoms with E-state index < -0.39 is 12.0 Å². The van der Waals surface area contributed by atoms with Crippen LogP contribution in [0.15, 0.2) is 86.2 Å². The van der Waals surface area contributed by atoms with Crippen LogP contribution in [0.25, 0.3) is 6.08 Å². The molecule has 1 atom stereocenters. The van der Waals surface area contributed by atoms with Crippen molar-refractivity contribution >= 4 is 62.5 Å². The maximum atomic E-state index is 13.9. The van der Waals surface area contributed by atoms with E-state index in [0.717, 1.165) is 11.1 Å². The number of benzene rings is 3. The molecule has 7 nitrogen and oxygen atoms in total. The molecule has 5 rings (SSSR count). The molecular weight excluding hydrogens is 663 g/mol. The summed E-state index contributed by atoms with van der Waals surface area (Å²) in [6.07, 6.45) is 2.28. The van der Waals surface area contributed by atoms with Gasteiger partial charge in [0.25, 0.3) is 5.56 Å². The van der Waals surface area contributed by atoms with Crippen molar-refractivity contribution in [2.24, 2.45) is 4.99 Å². The quantitative estimate of drug-likeness (QED) is 0.199. The lowest BCUT2D eigenvalue weighted by atomic mass is 9.95. The lowest BCUT2D eigenvalue weighted by Gasteiger charge is -2.25. The van der Waals surface area contributed by atoms with Gasteiger partial charge < -0.3 is 14.2 Å². The first kappa shape index (κ1) is 30.1. The number of esters is 1. The molecule has 0 N–H and O–H groups in total. The Kier molecular flexibility index (Phi) is 9.22. The zero-order chi connectivity index (χ0) is 30.0. The van der Waals surface area contributed by atoms with Gasteiger partial charge in [-0.15, -0.1) is 0 Å². The van der Waals surface area contributed by atoms with Crippen LogP contribution in [0.3, 0.4) is 0 Å². The van der Waals surface area contributed by atoms with Gasteiger partial charge >= 0.3 is 5.97 Å². The fourth-order valence-electron chi connectivity index (χ4n) is 4.72. The number of carbonyl (C=O) groups is 1. The molecule has 42 heavy (non-hydrogen) atoms. The maximum Gasteiger partial charge on any atom is 0.338 e. The minimum absolute atomic E-state index is 0.199. The Balaban J connectivity index is 1.58. The van der Waals surface area contributed by atoms with Gasteiger partial charge in [-0.2, -0.15) is 0 Å². The smallest absolute Gasteiger partial charge is 0.338 e. The third-order valence-electron chi connectivity index (χ3n) is 6.70. The average Bonchev–Trinajstić information content (AvgIpc) is 3.30. The van der Waals surface area contributed by atoms with E-state index in [2.05, 4.69) is 15.9 Å². The van der Waals surface area contributed by atoms with Crippen LogP contribution in [0.5, 0.6) is 11.5 Å². The second-order valence-electron chi connectivity index (χ2n) is 9.26. The summed E-state index contributed by atoms with van der Waals surface area (Å²) in [4.78, 5) is 32.1. The maximum absolute atomic E-state index is 13.9. The Morgan fingerprint density at radius 3 is 2.55 bits per heavy atom. The summed E-state index contributed by atoms with van der Waals surface area (Å²) in [7, 11) is 2.88. The Bertz CT molecular complexity index is 1890. The number of aromatic nitrogens is 1. The van der Waals surface area contributed by atoms with Crippen LogP contribution < -0.4 is 24.4 Å². The number of hydrogen-bond donors (Lipinski definition) is 0. The zero-order valence-electron chi connectivity index (χ0n) is 22.8. The third-order valence-corrected chi connectivity index (χ3v) is 8.86. The summed E-state index contributed by atoms with van der Waals surface area (Å²) in [6, 6.07) is 17.6. The van der Waals surface area contributed by atoms with E-state index >= 15 is 0 Å². The number of rotatable bonds is 8. The lowest BCUT2D eigenvalue weighted by Crippen LogP contribution is -2.40. The number of nitrogens with zero attached hydrogens (tertiary/aromatic N) is 2. The van der Waals surface area contributed by atoms with Gasteiger partial charge in [0.1, 0.15) is 6.61 Å². The molecule has 0 amide bonds. The number of methoxy groups -OCH3 is 2. The van der Waals surface area contributed by atoms with Gasteiger partial charge in [-0.1, -0.05) is 77.9 Å². The molecule has 4 aromatic rings. The highest BCUT2D eigenvalue weighted by molar-refractivity contribution is 9.10. The van der Waals surface area contributed by atoms with E-state index in [9.17, 15) is 9.59 Å². The van der Waals surface area contributed by atoms with E-state index in [1.165, 1.54) is 18.4 Å². The van der Waals surface area contributed by atoms with Crippen molar-refractivity contribution in [3.05, 3.63) is 123 Å². The normalized spacial score (nSPS) is 14.8. The van der Waals surface area contributed by atoms with Crippen LogP contribution in [0, 0.1) is 0 Å². The van der Waals surface area contributed by atoms with Crippen LogP contribution in [-0.4, -0.2) is 24.8 Å². The summed E-state index contributed by atoms with van der Waals surface area (Å²) in [5.41, 5.74) is 2.95. The van der Waals surface area contributed by atoms with Crippen molar-refractivity contribution in [1.29, 1.82) is 0 Å². The molecule has 0 bridgehead atoms. The van der Waals surface area contributed by atoms with Gasteiger partial charge in [-0.05, 0) is 63.8 Å². The number of hydrogen-bond acceptors (Lipinski definition) is 7. The molecule has 0 saturated heterocycles. The highest BCUT2D eigenvalue weighted by atomic mass is 79.9. The first-order chi connectivity index (χ1) is 20.2. The second-order valence-corrected chi connectivity index (χ2v) is 12.0. The summed E-state index contributed by atoms with van der Waals surface area (Å²) in [6.45, 7) is 2.12. The molecule has 0 saturated carbocycles. The van der Waals surface area contributed by atoms with Gasteiger partial charge in [-0.3, -0.25) is 9.36 Å². The van der Waals surface area contributed by atoms with Gasteiger partial charge in [0, 0.05) is 15.6 Å². The molecule has 2 heterocycles. The molecule has 0 radical (unpaired) electrons. The second kappa shape index (κ2) is 12.9. The van der Waals surface area contributed by atoms with Gasteiger partial charge in [0.2, 0.25) is 0 Å². The number of thiazole rings is 1. The van der Waals surface area contributed by atoms with Crippen molar-refractivity contribution in [2.75, 3.05) is 14.2 Å². The first-order valence-corrected chi connectivity index (χ1v) is 15.2. The van der Waals surface area contributed by atoms with E-state index in [1.54, 1.807) is 42.0 Å². The standard InChI is InChI=1S/C31H25BrCl2N2O5S/c1-4-23-26(30(38)40-3)27(18-8-6-5-7-9-18)36-29(37)25(42-31(36)35-23)14-17-12-21(32)28(24(13-17)39-2)41-16-19-10-11-20(33)15-22(19)34/h5-15,27H,4,16H2,1-3H3/b25-14-/t27-/m0/s1. The van der Waals surface area contributed by atoms with Crippen LogP contribution >= 0.6 is 50.5 Å². The molecule has 216 valence electrons. The van der Waals surface area contributed by atoms with Crippen molar-refractivity contribution < 1.29 is 19.0 Å². The first-order valence-electron chi connectivity index (χ1n) is 12.9. The fourth-order valence-corrected chi connectivity index (χ4v) is 6.78. The van der Waals surface area contributed by atoms with Crippen LogP contribution in [0.1, 0.15) is 36.1 Å². The monoisotopic (exact) mass is 686 g/mol. The summed E-state index contributed by atoms with van der Waals surface area (Å²) in [5.74, 6) is 0.446. The molecule has 0 fully saturated rings. The highest BCUT2D eigenvalue weighted by Crippen LogP contribution is 2.38. The predicted octanol–water partition coefficient (Wildman–Crippen LogP) is 6.46. The fraction of sp³-hybridized carbons (Fsp3) is 0.194. The number of carbonyl (C=O) groups excluding carboxylic acids is 1. The Morgan fingerprint density at radius 1 is 1.12 bits per heavy atom. The van der Waals surface area contributed by atoms with Crippen molar-refractivity contribution in [2.45, 2.75) is 26.0 Å². The minimum atomic E-state index is -0.663. The van der Waals surface area contributed by atoms with Crippen LogP contribution in [0.2, 0.25) is 10.0 Å². The molecule has 0 spiro atoms. The van der Waals surface area contributed by atoms with Gasteiger partial charge in [-0.25, -0.2) is 9.79 Å². The zero-order valence-corrected chi connectivity index (χ0v) is 26.7. The molecule has 11 heteroatoms. The van der Waals surface area contributed by atoms with Crippen molar-refractivity contribution in [3.8, 4) is 11.5 Å². The van der Waals surface area contributed by atoms with Gasteiger partial charge in [0.05, 0.1) is 40.5 Å². The minimum Gasteiger partial charge on any atom is -0.493 e. The Hall–Kier alpha value is -3.37. The van der Waals surface area contributed by atoms with Crippen molar-refractivity contribution in [3.63, 3.8) is 0 Å². The van der Waals surface area contributed by atoms with Crippen molar-refractivity contribution in [1.82, 2.24) is 4.57 Å².